The van der Waals surface area contributed by atoms with E-state index in [-0.39, 0.29) is 16.9 Å². The molecule has 0 unspecified atom stereocenters. The summed E-state index contributed by atoms with van der Waals surface area (Å²) in [7, 11) is 0. The molecule has 0 aliphatic heterocycles. The van der Waals surface area contributed by atoms with Gasteiger partial charge in [0.25, 0.3) is 0 Å². The van der Waals surface area contributed by atoms with E-state index in [0.717, 1.165) is 12.4 Å². The number of hydrogen-bond donors (Lipinski definition) is 1. The van der Waals surface area contributed by atoms with Crippen LogP contribution < -0.4 is 0 Å². The van der Waals surface area contributed by atoms with Crippen LogP contribution in [0.1, 0.15) is 10.4 Å². The first-order valence-electron chi connectivity index (χ1n) is 3.98. The number of nitrogens with zero attached hydrogens (tertiary/aromatic N) is 2. The number of rotatable bonds is 2. The molecule has 2 aromatic rings. The number of carbonyl (C=O) groups is 1. The van der Waals surface area contributed by atoms with Crippen LogP contribution in [0, 0.1) is 5.82 Å². The SMILES string of the molecule is O=C(O)c1cnoc1-c1ccncc1F. The molecule has 0 amide bonds. The summed E-state index contributed by atoms with van der Waals surface area (Å²) in [4.78, 5) is 14.3. The summed E-state index contributed by atoms with van der Waals surface area (Å²) >= 11 is 0. The minimum Gasteiger partial charge on any atom is -0.477 e. The molecule has 0 saturated carbocycles. The molecule has 15 heavy (non-hydrogen) atoms. The van der Waals surface area contributed by atoms with Crippen LogP contribution in [-0.2, 0) is 0 Å². The highest BCUT2D eigenvalue weighted by Gasteiger charge is 2.19. The van der Waals surface area contributed by atoms with Gasteiger partial charge in [-0.15, -0.1) is 0 Å². The molecule has 76 valence electrons. The third kappa shape index (κ3) is 1.56. The normalized spacial score (nSPS) is 10.2. The first-order chi connectivity index (χ1) is 7.20. The van der Waals surface area contributed by atoms with Crippen molar-refractivity contribution in [2.24, 2.45) is 0 Å². The highest BCUT2D eigenvalue weighted by molar-refractivity contribution is 5.93. The van der Waals surface area contributed by atoms with E-state index in [4.69, 9.17) is 9.63 Å². The molecule has 0 atom stereocenters. The van der Waals surface area contributed by atoms with Crippen LogP contribution in [0.3, 0.4) is 0 Å². The fourth-order valence-corrected chi connectivity index (χ4v) is 1.15. The lowest BCUT2D eigenvalue weighted by atomic mass is 10.1. The van der Waals surface area contributed by atoms with Crippen LogP contribution in [0.4, 0.5) is 4.39 Å². The predicted molar refractivity (Wildman–Crippen MR) is 46.7 cm³/mol. The monoisotopic (exact) mass is 208 g/mol. The summed E-state index contributed by atoms with van der Waals surface area (Å²) in [6, 6.07) is 1.32. The van der Waals surface area contributed by atoms with E-state index in [9.17, 15) is 9.18 Å². The minimum atomic E-state index is -1.22. The lowest BCUT2D eigenvalue weighted by Crippen LogP contribution is -1.97. The van der Waals surface area contributed by atoms with Crippen LogP contribution in [0.5, 0.6) is 0 Å². The van der Waals surface area contributed by atoms with Crippen molar-refractivity contribution >= 4 is 5.97 Å². The molecule has 2 heterocycles. The highest BCUT2D eigenvalue weighted by Crippen LogP contribution is 2.25. The lowest BCUT2D eigenvalue weighted by Gasteiger charge is -1.97. The zero-order chi connectivity index (χ0) is 10.8. The zero-order valence-electron chi connectivity index (χ0n) is 7.35. The van der Waals surface area contributed by atoms with Crippen molar-refractivity contribution in [3.05, 3.63) is 36.0 Å². The number of pyridine rings is 1. The molecule has 0 aliphatic rings. The van der Waals surface area contributed by atoms with Gasteiger partial charge >= 0.3 is 5.97 Å². The fraction of sp³-hybridized carbons (Fsp3) is 0. The number of aromatic nitrogens is 2. The van der Waals surface area contributed by atoms with Gasteiger partial charge in [0.2, 0.25) is 0 Å². The Morgan fingerprint density at radius 1 is 1.47 bits per heavy atom. The van der Waals surface area contributed by atoms with Crippen LogP contribution in [0.25, 0.3) is 11.3 Å². The Hall–Kier alpha value is -2.24. The second-order valence-electron chi connectivity index (χ2n) is 2.73. The molecule has 0 bridgehead atoms. The van der Waals surface area contributed by atoms with Crippen molar-refractivity contribution < 1.29 is 18.8 Å². The number of hydrogen-bond acceptors (Lipinski definition) is 4. The molecule has 0 saturated heterocycles. The minimum absolute atomic E-state index is 0.0277. The van der Waals surface area contributed by atoms with E-state index >= 15 is 0 Å². The molecule has 6 heteroatoms. The van der Waals surface area contributed by atoms with Gasteiger partial charge in [-0.25, -0.2) is 9.18 Å². The summed E-state index contributed by atoms with van der Waals surface area (Å²) in [6.07, 6.45) is 3.34. The predicted octanol–water partition coefficient (Wildman–Crippen LogP) is 1.57. The van der Waals surface area contributed by atoms with Crippen LogP contribution in [0.2, 0.25) is 0 Å². The summed E-state index contributed by atoms with van der Waals surface area (Å²) in [5, 5.41) is 12.1. The van der Waals surface area contributed by atoms with Gasteiger partial charge in [0, 0.05) is 6.20 Å². The molecule has 0 fully saturated rings. The van der Waals surface area contributed by atoms with Crippen molar-refractivity contribution in [1.29, 1.82) is 0 Å². The van der Waals surface area contributed by atoms with Gasteiger partial charge in [-0.05, 0) is 6.07 Å². The molecule has 2 rings (SSSR count). The average molecular weight is 208 g/mol. The summed E-state index contributed by atoms with van der Waals surface area (Å²) in [5.41, 5.74) is -0.153. The highest BCUT2D eigenvalue weighted by atomic mass is 19.1. The molecule has 5 nitrogen and oxygen atoms in total. The Labute approximate surface area is 83.2 Å². The maximum atomic E-state index is 13.3. The first-order valence-corrected chi connectivity index (χ1v) is 3.98. The maximum absolute atomic E-state index is 13.3. The van der Waals surface area contributed by atoms with Gasteiger partial charge in [-0.1, -0.05) is 5.16 Å². The molecule has 0 spiro atoms. The van der Waals surface area contributed by atoms with E-state index in [1.165, 1.54) is 12.3 Å². The fourth-order valence-electron chi connectivity index (χ4n) is 1.15. The molecule has 0 aromatic carbocycles. The number of carboxylic acids is 1. The molecule has 0 radical (unpaired) electrons. The Morgan fingerprint density at radius 3 is 2.93 bits per heavy atom. The van der Waals surface area contributed by atoms with Gasteiger partial charge in [-0.2, -0.15) is 0 Å². The van der Waals surface area contributed by atoms with Gasteiger partial charge in [0.1, 0.15) is 5.56 Å². The second kappa shape index (κ2) is 3.49. The van der Waals surface area contributed by atoms with E-state index < -0.39 is 11.8 Å². The van der Waals surface area contributed by atoms with Crippen molar-refractivity contribution in [1.82, 2.24) is 10.1 Å². The second-order valence-corrected chi connectivity index (χ2v) is 2.73. The van der Waals surface area contributed by atoms with Crippen molar-refractivity contribution in [2.45, 2.75) is 0 Å². The van der Waals surface area contributed by atoms with Crippen LogP contribution in [-0.4, -0.2) is 21.2 Å². The van der Waals surface area contributed by atoms with Crippen molar-refractivity contribution in [3.63, 3.8) is 0 Å². The summed E-state index contributed by atoms with van der Waals surface area (Å²) < 4.78 is 17.9. The number of halogens is 1. The number of aromatic carboxylic acids is 1. The van der Waals surface area contributed by atoms with E-state index in [0.29, 0.717) is 0 Å². The molecule has 2 aromatic heterocycles. The standard InChI is InChI=1S/C9H5FN2O3/c10-7-4-11-2-1-5(7)8-6(9(13)14)3-12-15-8/h1-4H,(H,13,14). The van der Waals surface area contributed by atoms with Crippen LogP contribution in [0.15, 0.2) is 29.2 Å². The molecule has 1 N–H and O–H groups in total. The summed E-state index contributed by atoms with van der Waals surface area (Å²) in [5.74, 6) is -1.98. The van der Waals surface area contributed by atoms with Crippen molar-refractivity contribution in [3.8, 4) is 11.3 Å². The largest absolute Gasteiger partial charge is 0.477 e. The Balaban J connectivity index is 2.59. The van der Waals surface area contributed by atoms with E-state index in [1.807, 2.05) is 0 Å². The van der Waals surface area contributed by atoms with Gasteiger partial charge in [0.05, 0.1) is 18.0 Å². The first kappa shape index (κ1) is 9.32. The average Bonchev–Trinajstić information content (AvgIpc) is 2.67. The maximum Gasteiger partial charge on any atom is 0.341 e. The Kier molecular flexibility index (Phi) is 2.17. The quantitative estimate of drug-likeness (QED) is 0.810. The third-order valence-corrected chi connectivity index (χ3v) is 1.82. The summed E-state index contributed by atoms with van der Waals surface area (Å²) in [6.45, 7) is 0. The molecular weight excluding hydrogens is 203 g/mol. The topological polar surface area (TPSA) is 76.2 Å². The number of carboxylic acid groups (broad SMARTS) is 1. The smallest absolute Gasteiger partial charge is 0.341 e. The van der Waals surface area contributed by atoms with Crippen molar-refractivity contribution in [2.75, 3.05) is 0 Å². The Bertz CT molecular complexity index is 510. The third-order valence-electron chi connectivity index (χ3n) is 1.82. The Morgan fingerprint density at radius 2 is 2.27 bits per heavy atom. The van der Waals surface area contributed by atoms with Gasteiger partial charge in [0.15, 0.2) is 11.6 Å². The van der Waals surface area contributed by atoms with Gasteiger partial charge in [-0.3, -0.25) is 4.98 Å². The van der Waals surface area contributed by atoms with E-state index in [2.05, 4.69) is 10.1 Å². The van der Waals surface area contributed by atoms with Gasteiger partial charge < -0.3 is 9.63 Å². The zero-order valence-corrected chi connectivity index (χ0v) is 7.35. The van der Waals surface area contributed by atoms with Crippen LogP contribution >= 0.6 is 0 Å². The van der Waals surface area contributed by atoms with E-state index in [1.54, 1.807) is 0 Å². The lowest BCUT2D eigenvalue weighted by molar-refractivity contribution is 0.0697. The molecular formula is C9H5FN2O3. The molecule has 0 aliphatic carbocycles.